The van der Waals surface area contributed by atoms with Gasteiger partial charge < -0.3 is 29.3 Å². The normalized spacial score (nSPS) is 12.2. The van der Waals surface area contributed by atoms with E-state index in [2.05, 4.69) is 43.5 Å². The Morgan fingerprint density at radius 1 is 0.980 bits per heavy atom. The van der Waals surface area contributed by atoms with E-state index < -0.39 is 8.60 Å². The molecule has 12 heteroatoms. The lowest BCUT2D eigenvalue weighted by atomic mass is 9.81. The van der Waals surface area contributed by atoms with Gasteiger partial charge in [-0.2, -0.15) is 0 Å². The summed E-state index contributed by atoms with van der Waals surface area (Å²) in [6, 6.07) is 12.2. The van der Waals surface area contributed by atoms with Crippen molar-refractivity contribution in [2.45, 2.75) is 100.0 Å². The van der Waals surface area contributed by atoms with Gasteiger partial charge in [0, 0.05) is 43.7 Å². The number of nitrogen functional groups attached to an aromatic ring is 1. The zero-order valence-electron chi connectivity index (χ0n) is 30.5. The molecule has 1 aliphatic rings. The lowest BCUT2D eigenvalue weighted by molar-refractivity contribution is -0.123. The van der Waals surface area contributed by atoms with Crippen LogP contribution in [-0.4, -0.2) is 49.4 Å². The lowest BCUT2D eigenvalue weighted by Gasteiger charge is -2.25. The van der Waals surface area contributed by atoms with E-state index in [4.69, 9.17) is 25.0 Å². The fraction of sp³-hybridized carbons (Fsp3) is 0.459. The van der Waals surface area contributed by atoms with Crippen LogP contribution in [0.1, 0.15) is 97.2 Å². The number of ether oxygens (including phenoxy) is 1. The van der Waals surface area contributed by atoms with Crippen LogP contribution >= 0.6 is 8.60 Å². The largest absolute Gasteiger partial charge is 0.427 e. The molecule has 0 atom stereocenters. The number of imidazole rings is 1. The molecule has 2 amide bonds. The quantitative estimate of drug-likeness (QED) is 0.0672. The van der Waals surface area contributed by atoms with Gasteiger partial charge in [-0.25, -0.2) is 9.97 Å². The average molecular weight is 696 g/mol. The van der Waals surface area contributed by atoms with Crippen LogP contribution in [0, 0.1) is 6.92 Å². The number of nitrogens with two attached hydrogens (primary N) is 1. The molecule has 0 saturated heterocycles. The molecule has 268 valence electrons. The van der Waals surface area contributed by atoms with Gasteiger partial charge in [-0.05, 0) is 60.9 Å². The highest BCUT2D eigenvalue weighted by molar-refractivity contribution is 7.39. The van der Waals surface area contributed by atoms with Crippen LogP contribution in [0.5, 0.6) is 5.75 Å². The van der Waals surface area contributed by atoms with E-state index in [0.717, 1.165) is 64.6 Å². The maximum atomic E-state index is 10.0. The SMILES string of the molecule is CC.CC.CCCCc1nc2c(N)nc3cc(C(C)(C)CCOCC)ccc3c2n1Cc1ccc(OP(O)O)c(C)c1.O=C1C=CC(=O)N1. The number of rotatable bonds is 12. The van der Waals surface area contributed by atoms with Crippen LogP contribution in [0.15, 0.2) is 48.6 Å². The predicted octanol–water partition coefficient (Wildman–Crippen LogP) is 7.41. The summed E-state index contributed by atoms with van der Waals surface area (Å²) in [6.45, 7) is 20.6. The summed E-state index contributed by atoms with van der Waals surface area (Å²) in [6.07, 6.45) is 6.24. The number of hydrogen-bond donors (Lipinski definition) is 4. The Balaban J connectivity index is 0.000000656. The first-order valence-corrected chi connectivity index (χ1v) is 18.2. The average Bonchev–Trinajstić information content (AvgIpc) is 3.64. The van der Waals surface area contributed by atoms with Crippen molar-refractivity contribution < 1.29 is 28.6 Å². The van der Waals surface area contributed by atoms with E-state index in [0.29, 0.717) is 31.3 Å². The number of pyridine rings is 1. The molecule has 0 spiro atoms. The van der Waals surface area contributed by atoms with E-state index in [-0.39, 0.29) is 17.2 Å². The Morgan fingerprint density at radius 3 is 2.20 bits per heavy atom. The highest BCUT2D eigenvalue weighted by Gasteiger charge is 2.23. The molecule has 0 fully saturated rings. The van der Waals surface area contributed by atoms with Crippen LogP contribution in [0.25, 0.3) is 21.9 Å². The van der Waals surface area contributed by atoms with Crippen molar-refractivity contribution in [3.05, 3.63) is 71.1 Å². The van der Waals surface area contributed by atoms with Crippen molar-refractivity contribution in [1.82, 2.24) is 19.9 Å². The molecule has 0 aliphatic carbocycles. The molecule has 11 nitrogen and oxygen atoms in total. The van der Waals surface area contributed by atoms with E-state index in [9.17, 15) is 19.4 Å². The van der Waals surface area contributed by atoms with Gasteiger partial charge in [-0.15, -0.1) is 0 Å². The number of nitrogens with one attached hydrogen (secondary N) is 1. The van der Waals surface area contributed by atoms with Crippen LogP contribution in [0.2, 0.25) is 0 Å². The molecule has 0 saturated carbocycles. The first kappa shape index (κ1) is 41.3. The number of amides is 2. The summed E-state index contributed by atoms with van der Waals surface area (Å²) in [7, 11) is -2.46. The van der Waals surface area contributed by atoms with Crippen molar-refractivity contribution in [2.24, 2.45) is 0 Å². The van der Waals surface area contributed by atoms with Crippen molar-refractivity contribution in [3.63, 3.8) is 0 Å². The van der Waals surface area contributed by atoms with Gasteiger partial charge in [0.25, 0.3) is 11.8 Å². The summed E-state index contributed by atoms with van der Waals surface area (Å²) in [4.78, 5) is 48.3. The minimum atomic E-state index is -2.46. The lowest BCUT2D eigenvalue weighted by Crippen LogP contribution is -2.19. The number of aryl methyl sites for hydroxylation is 2. The third-order valence-electron chi connectivity index (χ3n) is 7.79. The summed E-state index contributed by atoms with van der Waals surface area (Å²) in [5.74, 6) is 1.23. The highest BCUT2D eigenvalue weighted by Crippen LogP contribution is 2.35. The van der Waals surface area contributed by atoms with E-state index >= 15 is 0 Å². The number of unbranched alkanes of at least 4 members (excludes halogenated alkanes) is 1. The molecule has 4 aromatic rings. The van der Waals surface area contributed by atoms with Gasteiger partial charge in [0.2, 0.25) is 0 Å². The fourth-order valence-electron chi connectivity index (χ4n) is 5.23. The third kappa shape index (κ3) is 11.3. The summed E-state index contributed by atoms with van der Waals surface area (Å²) in [5.41, 5.74) is 12.1. The molecule has 2 aromatic heterocycles. The van der Waals surface area contributed by atoms with Gasteiger partial charge >= 0.3 is 8.60 Å². The van der Waals surface area contributed by atoms with Crippen molar-refractivity contribution in [3.8, 4) is 5.75 Å². The van der Waals surface area contributed by atoms with E-state index in [1.54, 1.807) is 6.07 Å². The predicted molar refractivity (Wildman–Crippen MR) is 199 cm³/mol. The number of fused-ring (bicyclic) bond motifs is 3. The smallest absolute Gasteiger partial charge is 0.391 e. The standard InChI is InChI=1S/C29H39N4O4P.C4H3NO2.2C2H6/c1-6-8-9-25-32-26-27(33(25)18-20-10-13-24(19(3)16-20)37-38(34)35)22-12-11-21(17-23(22)31-28(26)30)29(4,5)14-15-36-7-2;6-3-1-2-4(7)5-3;2*1-2/h10-13,16-17,34-35H,6-9,14-15,18H2,1-5H3,(H2,30,31);1-2H,(H,5,6,7);2*1-2H3. The van der Waals surface area contributed by atoms with Gasteiger partial charge in [-0.3, -0.25) is 14.9 Å². The van der Waals surface area contributed by atoms with Gasteiger partial charge in [0.1, 0.15) is 17.1 Å². The van der Waals surface area contributed by atoms with E-state index in [1.165, 1.54) is 17.7 Å². The molecule has 0 radical (unpaired) electrons. The maximum Gasteiger partial charge on any atom is 0.391 e. The van der Waals surface area contributed by atoms with Crippen molar-refractivity contribution in [2.75, 3.05) is 18.9 Å². The fourth-order valence-corrected chi connectivity index (χ4v) is 5.61. The Labute approximate surface area is 291 Å². The molecule has 5 rings (SSSR count). The second-order valence-electron chi connectivity index (χ2n) is 11.6. The monoisotopic (exact) mass is 695 g/mol. The topological polar surface area (TPSA) is 162 Å². The van der Waals surface area contributed by atoms with Crippen molar-refractivity contribution >= 4 is 48.2 Å². The molecular formula is C37H54N5O6P. The number of aromatic nitrogens is 3. The summed E-state index contributed by atoms with van der Waals surface area (Å²) >= 11 is 0. The van der Waals surface area contributed by atoms with Crippen LogP contribution in [0.4, 0.5) is 5.82 Å². The Hall–Kier alpha value is -3.89. The molecule has 49 heavy (non-hydrogen) atoms. The minimum Gasteiger partial charge on any atom is -0.427 e. The molecule has 0 unspecified atom stereocenters. The highest BCUT2D eigenvalue weighted by atomic mass is 31.2. The van der Waals surface area contributed by atoms with Gasteiger partial charge in [-0.1, -0.05) is 79.2 Å². The number of anilines is 1. The maximum absolute atomic E-state index is 10.0. The molecule has 2 aromatic carbocycles. The zero-order valence-corrected chi connectivity index (χ0v) is 31.4. The molecule has 0 bridgehead atoms. The van der Waals surface area contributed by atoms with Gasteiger partial charge in [0.15, 0.2) is 5.82 Å². The first-order chi connectivity index (χ1) is 23.4. The number of carbonyl (C=O) groups excluding carboxylic acids is 2. The molecule has 3 heterocycles. The molecule has 5 N–H and O–H groups in total. The second kappa shape index (κ2) is 19.9. The molecular weight excluding hydrogens is 641 g/mol. The zero-order chi connectivity index (χ0) is 36.7. The Bertz CT molecular complexity index is 1700. The number of nitrogens with zero attached hydrogens (tertiary/aromatic N) is 3. The molecule has 1 aliphatic heterocycles. The number of hydrogen-bond acceptors (Lipinski definition) is 9. The van der Waals surface area contributed by atoms with Gasteiger partial charge in [0.05, 0.1) is 11.0 Å². The second-order valence-corrected chi connectivity index (χ2v) is 12.3. The number of benzene rings is 2. The summed E-state index contributed by atoms with van der Waals surface area (Å²) < 4.78 is 13.0. The summed E-state index contributed by atoms with van der Waals surface area (Å²) in [5, 5.41) is 3.05. The Morgan fingerprint density at radius 2 is 1.65 bits per heavy atom. The van der Waals surface area contributed by atoms with Crippen molar-refractivity contribution in [1.29, 1.82) is 0 Å². The first-order valence-electron chi connectivity index (χ1n) is 17.1. The third-order valence-corrected chi connectivity index (χ3v) is 8.15. The van der Waals surface area contributed by atoms with E-state index in [1.807, 2.05) is 59.0 Å². The number of carbonyl (C=O) groups is 2. The Kier molecular flexibility index (Phi) is 16.8. The van der Waals surface area contributed by atoms with Crippen LogP contribution in [-0.2, 0) is 32.7 Å². The van der Waals surface area contributed by atoms with Crippen LogP contribution in [0.3, 0.4) is 0 Å². The van der Waals surface area contributed by atoms with Crippen LogP contribution < -0.4 is 15.6 Å². The minimum absolute atomic E-state index is 0.0634. The number of imide groups is 1.